The summed E-state index contributed by atoms with van der Waals surface area (Å²) in [4.78, 5) is 0. The van der Waals surface area contributed by atoms with E-state index >= 15 is 0 Å². The molecule has 0 saturated heterocycles. The Labute approximate surface area is 96.4 Å². The fourth-order valence-corrected chi connectivity index (χ4v) is 2.38. The highest BCUT2D eigenvalue weighted by Gasteiger charge is 2.01. The maximum absolute atomic E-state index is 8.91. The molecule has 1 aromatic carbocycles. The van der Waals surface area contributed by atoms with Crippen molar-refractivity contribution >= 4 is 34.9 Å². The van der Waals surface area contributed by atoms with Crippen LogP contribution in [0.1, 0.15) is 0 Å². The summed E-state index contributed by atoms with van der Waals surface area (Å²) in [5.41, 5.74) is 10.7. The SMILES string of the molecule is C1=CSCS1.Nc1cc(O)c(N)cc1O. The summed E-state index contributed by atoms with van der Waals surface area (Å²) in [6.07, 6.45) is 0. The van der Waals surface area contributed by atoms with Crippen LogP contribution in [0.5, 0.6) is 11.5 Å². The van der Waals surface area contributed by atoms with E-state index in [1.165, 1.54) is 17.2 Å². The molecule has 0 aromatic heterocycles. The summed E-state index contributed by atoms with van der Waals surface area (Å²) in [6, 6.07) is 2.40. The third-order valence-electron chi connectivity index (χ3n) is 1.56. The van der Waals surface area contributed by atoms with Crippen LogP contribution in [0.4, 0.5) is 11.4 Å². The number of phenols is 2. The number of anilines is 2. The van der Waals surface area contributed by atoms with Gasteiger partial charge in [-0.25, -0.2) is 0 Å². The van der Waals surface area contributed by atoms with Gasteiger partial charge in [0, 0.05) is 17.2 Å². The number of hydrogen-bond donors (Lipinski definition) is 4. The lowest BCUT2D eigenvalue weighted by Crippen LogP contribution is -1.89. The smallest absolute Gasteiger partial charge is 0.140 e. The fourth-order valence-electron chi connectivity index (χ4n) is 0.806. The van der Waals surface area contributed by atoms with Crippen molar-refractivity contribution in [2.75, 3.05) is 16.6 Å². The summed E-state index contributed by atoms with van der Waals surface area (Å²) in [5.74, 6) is -0.231. The minimum Gasteiger partial charge on any atom is -0.506 e. The topological polar surface area (TPSA) is 92.5 Å². The van der Waals surface area contributed by atoms with Gasteiger partial charge in [0.05, 0.1) is 11.4 Å². The van der Waals surface area contributed by atoms with Crippen LogP contribution in [0.15, 0.2) is 22.9 Å². The molecule has 0 amide bonds. The second-order valence-electron chi connectivity index (χ2n) is 2.69. The first-order valence-electron chi connectivity index (χ1n) is 4.06. The van der Waals surface area contributed by atoms with Crippen LogP contribution >= 0.6 is 23.5 Å². The first-order chi connectivity index (χ1) is 7.11. The summed E-state index contributed by atoms with van der Waals surface area (Å²) in [5, 5.41) is 23.3. The summed E-state index contributed by atoms with van der Waals surface area (Å²) < 4.78 is 0. The summed E-state index contributed by atoms with van der Waals surface area (Å²) >= 11 is 3.71. The molecule has 0 unspecified atom stereocenters. The Morgan fingerprint density at radius 3 is 1.60 bits per heavy atom. The van der Waals surface area contributed by atoms with Crippen LogP contribution in [-0.4, -0.2) is 15.3 Å². The molecule has 2 rings (SSSR count). The highest BCUT2D eigenvalue weighted by atomic mass is 32.2. The van der Waals surface area contributed by atoms with Crippen molar-refractivity contribution in [3.8, 4) is 11.5 Å². The van der Waals surface area contributed by atoms with Gasteiger partial charge in [0.2, 0.25) is 0 Å². The van der Waals surface area contributed by atoms with E-state index in [0.29, 0.717) is 0 Å². The van der Waals surface area contributed by atoms with E-state index in [2.05, 4.69) is 10.8 Å². The maximum Gasteiger partial charge on any atom is 0.140 e. The molecule has 1 aromatic rings. The lowest BCUT2D eigenvalue weighted by molar-refractivity contribution is 0.465. The van der Waals surface area contributed by atoms with E-state index in [4.69, 9.17) is 21.7 Å². The molecule has 6 heteroatoms. The average Bonchev–Trinajstić information content (AvgIpc) is 2.73. The zero-order chi connectivity index (χ0) is 11.3. The van der Waals surface area contributed by atoms with Crippen LogP contribution < -0.4 is 11.5 Å². The Morgan fingerprint density at radius 1 is 0.933 bits per heavy atom. The molecule has 15 heavy (non-hydrogen) atoms. The van der Waals surface area contributed by atoms with Gasteiger partial charge in [0.1, 0.15) is 11.5 Å². The van der Waals surface area contributed by atoms with E-state index < -0.39 is 0 Å². The van der Waals surface area contributed by atoms with Crippen LogP contribution in [0.2, 0.25) is 0 Å². The third kappa shape index (κ3) is 3.85. The first-order valence-corrected chi connectivity index (χ1v) is 6.16. The van der Waals surface area contributed by atoms with Gasteiger partial charge in [-0.2, -0.15) is 0 Å². The number of thioether (sulfide) groups is 2. The predicted molar refractivity (Wildman–Crippen MR) is 67.8 cm³/mol. The lowest BCUT2D eigenvalue weighted by Gasteiger charge is -2.01. The normalized spacial score (nSPS) is 13.3. The van der Waals surface area contributed by atoms with Gasteiger partial charge in [-0.15, -0.1) is 23.5 Å². The maximum atomic E-state index is 8.91. The van der Waals surface area contributed by atoms with Gasteiger partial charge in [0.15, 0.2) is 0 Å². The molecule has 0 spiro atoms. The van der Waals surface area contributed by atoms with Crippen molar-refractivity contribution in [1.29, 1.82) is 0 Å². The molecular weight excluding hydrogens is 232 g/mol. The van der Waals surface area contributed by atoms with Crippen molar-refractivity contribution in [2.45, 2.75) is 0 Å². The van der Waals surface area contributed by atoms with Crippen molar-refractivity contribution in [3.05, 3.63) is 22.9 Å². The van der Waals surface area contributed by atoms with Gasteiger partial charge >= 0.3 is 0 Å². The Balaban J connectivity index is 0.000000187. The molecule has 0 saturated carbocycles. The standard InChI is InChI=1S/C6H8N2O2.C3H4S2/c7-3-1-5(9)4(8)2-6(3)10;1-2-5-3-4-1/h1-2,9-10H,7-8H2;1-2H,3H2. The van der Waals surface area contributed by atoms with Crippen molar-refractivity contribution in [3.63, 3.8) is 0 Å². The Bertz CT molecular complexity index is 313. The number of hydrogen-bond acceptors (Lipinski definition) is 6. The number of nitrogen functional groups attached to an aromatic ring is 2. The molecule has 1 aliphatic heterocycles. The van der Waals surface area contributed by atoms with Crippen LogP contribution in [0.25, 0.3) is 0 Å². The number of rotatable bonds is 0. The van der Waals surface area contributed by atoms with Crippen LogP contribution in [0, 0.1) is 0 Å². The average molecular weight is 244 g/mol. The Hall–Kier alpha value is -1.14. The van der Waals surface area contributed by atoms with E-state index in [9.17, 15) is 0 Å². The Morgan fingerprint density at radius 2 is 1.33 bits per heavy atom. The van der Waals surface area contributed by atoms with Crippen molar-refractivity contribution in [1.82, 2.24) is 0 Å². The molecule has 6 N–H and O–H groups in total. The Kier molecular flexibility index (Phi) is 4.51. The van der Waals surface area contributed by atoms with Crippen LogP contribution in [0.3, 0.4) is 0 Å². The molecule has 1 aliphatic rings. The highest BCUT2D eigenvalue weighted by molar-refractivity contribution is 8.21. The molecule has 0 fully saturated rings. The van der Waals surface area contributed by atoms with Gasteiger partial charge in [-0.3, -0.25) is 0 Å². The third-order valence-corrected chi connectivity index (χ3v) is 3.48. The number of benzene rings is 1. The number of phenolic OH excluding ortho intramolecular Hbond substituents is 2. The zero-order valence-corrected chi connectivity index (χ0v) is 9.52. The zero-order valence-electron chi connectivity index (χ0n) is 7.88. The molecule has 0 radical (unpaired) electrons. The monoisotopic (exact) mass is 244 g/mol. The molecule has 0 atom stereocenters. The van der Waals surface area contributed by atoms with E-state index in [-0.39, 0.29) is 22.9 Å². The van der Waals surface area contributed by atoms with Gasteiger partial charge in [-0.05, 0) is 10.8 Å². The van der Waals surface area contributed by atoms with E-state index in [0.717, 1.165) is 0 Å². The number of aromatic hydroxyl groups is 2. The molecule has 4 nitrogen and oxygen atoms in total. The van der Waals surface area contributed by atoms with Gasteiger partial charge < -0.3 is 21.7 Å². The second kappa shape index (κ2) is 5.67. The van der Waals surface area contributed by atoms with Crippen LogP contribution in [-0.2, 0) is 0 Å². The highest BCUT2D eigenvalue weighted by Crippen LogP contribution is 2.30. The van der Waals surface area contributed by atoms with Crippen molar-refractivity contribution in [2.24, 2.45) is 0 Å². The molecule has 1 heterocycles. The minimum absolute atomic E-state index is 0.115. The van der Waals surface area contributed by atoms with Gasteiger partial charge in [0.25, 0.3) is 0 Å². The van der Waals surface area contributed by atoms with Gasteiger partial charge in [-0.1, -0.05) is 0 Å². The molecule has 0 bridgehead atoms. The summed E-state index contributed by atoms with van der Waals surface area (Å²) in [6.45, 7) is 0. The van der Waals surface area contributed by atoms with E-state index in [1.54, 1.807) is 0 Å². The number of nitrogens with two attached hydrogens (primary N) is 2. The molecule has 0 aliphatic carbocycles. The minimum atomic E-state index is -0.115. The lowest BCUT2D eigenvalue weighted by atomic mass is 10.2. The largest absolute Gasteiger partial charge is 0.506 e. The quantitative estimate of drug-likeness (QED) is 0.317. The molecule has 82 valence electrons. The fraction of sp³-hybridized carbons (Fsp3) is 0.111. The first kappa shape index (κ1) is 11.9. The van der Waals surface area contributed by atoms with E-state index in [1.807, 2.05) is 23.5 Å². The summed E-state index contributed by atoms with van der Waals surface area (Å²) in [7, 11) is 0. The second-order valence-corrected chi connectivity index (χ2v) is 4.85. The molecular formula is C9H12N2O2S2. The predicted octanol–water partition coefficient (Wildman–Crippen LogP) is 2.16. The van der Waals surface area contributed by atoms with Crippen molar-refractivity contribution < 1.29 is 10.2 Å².